The van der Waals surface area contributed by atoms with Crippen molar-refractivity contribution in [3.05, 3.63) is 29.8 Å². The van der Waals surface area contributed by atoms with E-state index in [-0.39, 0.29) is 4.90 Å². The Morgan fingerprint density at radius 2 is 1.90 bits per heavy atom. The molecular weight excluding hydrogens is 286 g/mol. The second-order valence-electron chi connectivity index (χ2n) is 6.20. The van der Waals surface area contributed by atoms with Crippen LogP contribution in [0.25, 0.3) is 0 Å². The molecule has 0 heterocycles. The van der Waals surface area contributed by atoms with Crippen molar-refractivity contribution >= 4 is 9.84 Å². The van der Waals surface area contributed by atoms with Crippen LogP contribution < -0.4 is 5.32 Å². The lowest BCUT2D eigenvalue weighted by Crippen LogP contribution is -2.40. The van der Waals surface area contributed by atoms with E-state index >= 15 is 0 Å². The summed E-state index contributed by atoms with van der Waals surface area (Å²) in [5.74, 6) is 0. The summed E-state index contributed by atoms with van der Waals surface area (Å²) in [6, 6.07) is 6.46. The summed E-state index contributed by atoms with van der Waals surface area (Å²) >= 11 is 0. The highest BCUT2D eigenvalue weighted by molar-refractivity contribution is 7.90. The molecule has 1 fully saturated rings. The molecule has 0 spiro atoms. The van der Waals surface area contributed by atoms with E-state index in [0.29, 0.717) is 12.0 Å². The maximum absolute atomic E-state index is 11.4. The van der Waals surface area contributed by atoms with Gasteiger partial charge < -0.3 is 10.4 Å². The van der Waals surface area contributed by atoms with E-state index in [2.05, 4.69) is 12.2 Å². The molecular formula is C16H25NO3S. The molecule has 2 N–H and O–H groups in total. The number of rotatable bonds is 7. The van der Waals surface area contributed by atoms with Gasteiger partial charge in [-0.3, -0.25) is 0 Å². The van der Waals surface area contributed by atoms with Crippen molar-refractivity contribution in [3.8, 4) is 0 Å². The molecule has 1 saturated carbocycles. The lowest BCUT2D eigenvalue weighted by molar-refractivity contribution is 0.110. The van der Waals surface area contributed by atoms with Crippen LogP contribution in [-0.4, -0.2) is 32.9 Å². The maximum Gasteiger partial charge on any atom is 0.175 e. The van der Waals surface area contributed by atoms with Gasteiger partial charge in [0, 0.05) is 19.3 Å². The zero-order valence-electron chi connectivity index (χ0n) is 12.8. The van der Waals surface area contributed by atoms with Crippen LogP contribution in [0.15, 0.2) is 29.2 Å². The van der Waals surface area contributed by atoms with Gasteiger partial charge in [-0.1, -0.05) is 25.5 Å². The Morgan fingerprint density at radius 3 is 2.33 bits per heavy atom. The molecule has 0 amide bonds. The fraction of sp³-hybridized carbons (Fsp3) is 0.625. The standard InChI is InChI=1S/C16H25NO3S/c1-3-16(9-4-10-16)12-17-11-15(18)13-5-7-14(8-6-13)21(2,19)20/h5-8,15,17-18H,3-4,9-12H2,1-2H3. The molecule has 1 aromatic rings. The van der Waals surface area contributed by atoms with Gasteiger partial charge in [-0.15, -0.1) is 0 Å². The van der Waals surface area contributed by atoms with Gasteiger partial charge >= 0.3 is 0 Å². The Labute approximate surface area is 127 Å². The first kappa shape index (κ1) is 16.5. The monoisotopic (exact) mass is 311 g/mol. The highest BCUT2D eigenvalue weighted by Crippen LogP contribution is 2.43. The minimum Gasteiger partial charge on any atom is -0.387 e. The summed E-state index contributed by atoms with van der Waals surface area (Å²) in [7, 11) is -3.18. The third-order valence-electron chi connectivity index (χ3n) is 4.69. The normalized spacial score (nSPS) is 19.0. The number of benzene rings is 1. The molecule has 5 heteroatoms. The molecule has 0 bridgehead atoms. The summed E-state index contributed by atoms with van der Waals surface area (Å²) in [4.78, 5) is 0.283. The van der Waals surface area contributed by atoms with E-state index in [1.54, 1.807) is 24.3 Å². The summed E-state index contributed by atoms with van der Waals surface area (Å²) in [5.41, 5.74) is 1.17. The van der Waals surface area contributed by atoms with E-state index in [1.807, 2.05) is 0 Å². The van der Waals surface area contributed by atoms with Gasteiger partial charge in [0.25, 0.3) is 0 Å². The number of sulfone groups is 1. The molecule has 0 aliphatic heterocycles. The van der Waals surface area contributed by atoms with Crippen LogP contribution in [0.4, 0.5) is 0 Å². The zero-order valence-corrected chi connectivity index (χ0v) is 13.6. The van der Waals surface area contributed by atoms with Crippen molar-refractivity contribution in [2.45, 2.75) is 43.6 Å². The minimum absolute atomic E-state index is 0.283. The molecule has 2 rings (SSSR count). The maximum atomic E-state index is 11.4. The van der Waals surface area contributed by atoms with Crippen molar-refractivity contribution in [3.63, 3.8) is 0 Å². The SMILES string of the molecule is CCC1(CNCC(O)c2ccc(S(C)(=O)=O)cc2)CCC1. The number of hydrogen-bond donors (Lipinski definition) is 2. The second kappa shape index (κ2) is 6.46. The first-order valence-corrected chi connectivity index (χ1v) is 9.44. The lowest BCUT2D eigenvalue weighted by atomic mass is 9.67. The summed E-state index contributed by atoms with van der Waals surface area (Å²) < 4.78 is 22.8. The molecule has 0 saturated heterocycles. The van der Waals surface area contributed by atoms with Gasteiger partial charge in [-0.05, 0) is 42.4 Å². The molecule has 1 aliphatic carbocycles. The van der Waals surface area contributed by atoms with Gasteiger partial charge in [-0.2, -0.15) is 0 Å². The van der Waals surface area contributed by atoms with Gasteiger partial charge in [0.1, 0.15) is 0 Å². The Hall–Kier alpha value is -0.910. The van der Waals surface area contributed by atoms with Crippen LogP contribution in [0.5, 0.6) is 0 Å². The van der Waals surface area contributed by atoms with Gasteiger partial charge in [0.15, 0.2) is 9.84 Å². The topological polar surface area (TPSA) is 66.4 Å². The Balaban J connectivity index is 1.87. The van der Waals surface area contributed by atoms with Crippen molar-refractivity contribution < 1.29 is 13.5 Å². The summed E-state index contributed by atoms with van der Waals surface area (Å²) in [5, 5.41) is 13.5. The molecule has 0 radical (unpaired) electrons. The molecule has 1 aromatic carbocycles. The Morgan fingerprint density at radius 1 is 1.29 bits per heavy atom. The van der Waals surface area contributed by atoms with E-state index in [1.165, 1.54) is 31.9 Å². The first-order chi connectivity index (χ1) is 9.86. The van der Waals surface area contributed by atoms with E-state index < -0.39 is 15.9 Å². The first-order valence-electron chi connectivity index (χ1n) is 7.55. The molecule has 4 nitrogen and oxygen atoms in total. The van der Waals surface area contributed by atoms with Crippen LogP contribution in [0.1, 0.15) is 44.3 Å². The number of aliphatic hydroxyl groups excluding tert-OH is 1. The van der Waals surface area contributed by atoms with E-state index in [0.717, 1.165) is 12.1 Å². The number of aliphatic hydroxyl groups is 1. The summed E-state index contributed by atoms with van der Waals surface area (Å²) in [6.45, 7) is 3.67. The third kappa shape index (κ3) is 4.05. The Kier molecular flexibility index (Phi) is 5.07. The van der Waals surface area contributed by atoms with Crippen molar-refractivity contribution in [1.29, 1.82) is 0 Å². The van der Waals surface area contributed by atoms with Crippen molar-refractivity contribution in [2.24, 2.45) is 5.41 Å². The third-order valence-corrected chi connectivity index (χ3v) is 5.82. The van der Waals surface area contributed by atoms with Gasteiger partial charge in [0.05, 0.1) is 11.0 Å². The second-order valence-corrected chi connectivity index (χ2v) is 8.21. The van der Waals surface area contributed by atoms with Crippen LogP contribution in [0, 0.1) is 5.41 Å². The minimum atomic E-state index is -3.18. The number of nitrogens with one attached hydrogen (secondary N) is 1. The fourth-order valence-corrected chi connectivity index (χ4v) is 3.49. The molecule has 0 aromatic heterocycles. The highest BCUT2D eigenvalue weighted by atomic mass is 32.2. The van der Waals surface area contributed by atoms with Crippen LogP contribution >= 0.6 is 0 Å². The van der Waals surface area contributed by atoms with Crippen LogP contribution in [-0.2, 0) is 9.84 Å². The van der Waals surface area contributed by atoms with E-state index in [4.69, 9.17) is 0 Å². The lowest BCUT2D eigenvalue weighted by Gasteiger charge is -2.41. The smallest absolute Gasteiger partial charge is 0.175 e. The van der Waals surface area contributed by atoms with Crippen LogP contribution in [0.2, 0.25) is 0 Å². The molecule has 1 atom stereocenters. The summed E-state index contributed by atoms with van der Waals surface area (Å²) in [6.07, 6.45) is 5.62. The predicted octanol–water partition coefficient (Wildman–Crippen LogP) is 2.29. The Bertz CT molecular complexity index is 556. The predicted molar refractivity (Wildman–Crippen MR) is 84.0 cm³/mol. The van der Waals surface area contributed by atoms with Gasteiger partial charge in [0.2, 0.25) is 0 Å². The molecule has 21 heavy (non-hydrogen) atoms. The fourth-order valence-electron chi connectivity index (χ4n) is 2.86. The van der Waals surface area contributed by atoms with Gasteiger partial charge in [-0.25, -0.2) is 8.42 Å². The van der Waals surface area contributed by atoms with Crippen LogP contribution in [0.3, 0.4) is 0 Å². The average molecular weight is 311 g/mol. The largest absolute Gasteiger partial charge is 0.387 e. The number of hydrogen-bond acceptors (Lipinski definition) is 4. The zero-order chi connectivity index (χ0) is 15.5. The molecule has 118 valence electrons. The molecule has 1 aliphatic rings. The quantitative estimate of drug-likeness (QED) is 0.811. The van der Waals surface area contributed by atoms with E-state index in [9.17, 15) is 13.5 Å². The highest BCUT2D eigenvalue weighted by Gasteiger charge is 2.34. The average Bonchev–Trinajstić information content (AvgIpc) is 2.41. The molecule has 1 unspecified atom stereocenters. The van der Waals surface area contributed by atoms with Crippen molar-refractivity contribution in [1.82, 2.24) is 5.32 Å². The van der Waals surface area contributed by atoms with Crippen molar-refractivity contribution in [2.75, 3.05) is 19.3 Å².